The predicted octanol–water partition coefficient (Wildman–Crippen LogP) is 1.54. The number of nitrogens with one attached hydrogen (secondary N) is 2. The van der Waals surface area contributed by atoms with Gasteiger partial charge in [0.2, 0.25) is 0 Å². The summed E-state index contributed by atoms with van der Waals surface area (Å²) in [6.07, 6.45) is 0. The van der Waals surface area contributed by atoms with Gasteiger partial charge in [-0.3, -0.25) is 9.89 Å². The van der Waals surface area contributed by atoms with Gasteiger partial charge in [-0.25, -0.2) is 8.42 Å². The molecular weight excluding hydrogens is 471 g/mol. The van der Waals surface area contributed by atoms with E-state index in [-0.39, 0.29) is 40.9 Å². The Hall–Kier alpha value is -0.390. The molecule has 0 aromatic carbocycles. The first-order valence-corrected chi connectivity index (χ1v) is 10.9. The van der Waals surface area contributed by atoms with Gasteiger partial charge in [0.1, 0.15) is 0 Å². The third-order valence-corrected chi connectivity index (χ3v) is 7.11. The predicted molar refractivity (Wildman–Crippen MR) is 117 cm³/mol. The van der Waals surface area contributed by atoms with Crippen molar-refractivity contribution in [3.05, 3.63) is 22.4 Å². The lowest BCUT2D eigenvalue weighted by Crippen LogP contribution is -2.47. The van der Waals surface area contributed by atoms with Gasteiger partial charge in [0.25, 0.3) is 0 Å². The normalized spacial score (nSPS) is 18.4. The molecule has 1 aromatic rings. The van der Waals surface area contributed by atoms with Crippen LogP contribution in [0.3, 0.4) is 0 Å². The Labute approximate surface area is 172 Å². The van der Waals surface area contributed by atoms with Crippen LogP contribution >= 0.6 is 35.3 Å². The Morgan fingerprint density at radius 3 is 2.56 bits per heavy atom. The third-order valence-electron chi connectivity index (χ3n) is 4.27. The van der Waals surface area contributed by atoms with Crippen LogP contribution in [0.1, 0.15) is 18.7 Å². The Balaban J connectivity index is 0.00000312. The summed E-state index contributed by atoms with van der Waals surface area (Å²) < 4.78 is 22.9. The maximum absolute atomic E-state index is 11.4. The monoisotopic (exact) mass is 500 g/mol. The largest absolute Gasteiger partial charge is 0.356 e. The molecule has 0 atom stereocenters. The zero-order valence-corrected chi connectivity index (χ0v) is 19.1. The number of rotatable bonds is 6. The molecule has 0 amide bonds. The van der Waals surface area contributed by atoms with Crippen molar-refractivity contribution in [2.24, 2.45) is 4.99 Å². The molecule has 1 saturated heterocycles. The van der Waals surface area contributed by atoms with Crippen molar-refractivity contribution < 1.29 is 8.42 Å². The fourth-order valence-electron chi connectivity index (χ4n) is 2.58. The van der Waals surface area contributed by atoms with E-state index in [0.29, 0.717) is 13.1 Å². The van der Waals surface area contributed by atoms with Gasteiger partial charge in [-0.2, -0.15) is 0 Å². The van der Waals surface area contributed by atoms with Crippen LogP contribution < -0.4 is 10.6 Å². The minimum atomic E-state index is -2.81. The fourth-order valence-corrected chi connectivity index (χ4v) is 4.71. The number of aliphatic imine (C=N–C) groups is 1. The molecule has 6 nitrogen and oxygen atoms in total. The standard InChI is InChI=1S/C16H28N4O2S2.HI/c1-16(2,14-5-4-10-23-14)13-19-15(17-3)18-6-7-20-8-11-24(21,22)12-9-20;/h4-5,10H,6-9,11-13H2,1-3H3,(H2,17,18,19);1H. The minimum absolute atomic E-state index is 0. The van der Waals surface area contributed by atoms with Crippen LogP contribution in [-0.2, 0) is 15.3 Å². The van der Waals surface area contributed by atoms with Gasteiger partial charge >= 0.3 is 0 Å². The van der Waals surface area contributed by atoms with Crippen molar-refractivity contribution >= 4 is 51.1 Å². The van der Waals surface area contributed by atoms with Crippen molar-refractivity contribution in [1.82, 2.24) is 15.5 Å². The third kappa shape index (κ3) is 7.40. The molecule has 0 aliphatic carbocycles. The zero-order valence-electron chi connectivity index (χ0n) is 15.1. The summed E-state index contributed by atoms with van der Waals surface area (Å²) in [6.45, 7) is 8.06. The summed E-state index contributed by atoms with van der Waals surface area (Å²) in [5, 5.41) is 8.79. The maximum atomic E-state index is 11.4. The maximum Gasteiger partial charge on any atom is 0.191 e. The van der Waals surface area contributed by atoms with E-state index in [1.807, 2.05) is 0 Å². The molecule has 1 fully saturated rings. The first-order valence-electron chi connectivity index (χ1n) is 8.24. The smallest absolute Gasteiger partial charge is 0.191 e. The fraction of sp³-hybridized carbons (Fsp3) is 0.688. The van der Waals surface area contributed by atoms with Crippen LogP contribution in [-0.4, -0.2) is 70.6 Å². The molecule has 0 spiro atoms. The van der Waals surface area contributed by atoms with Crippen molar-refractivity contribution in [1.29, 1.82) is 0 Å². The molecule has 9 heteroatoms. The van der Waals surface area contributed by atoms with E-state index < -0.39 is 9.84 Å². The summed E-state index contributed by atoms with van der Waals surface area (Å²) in [7, 11) is -1.04. The molecule has 2 rings (SSSR count). The van der Waals surface area contributed by atoms with Gasteiger partial charge in [-0.1, -0.05) is 19.9 Å². The number of halogens is 1. The lowest BCUT2D eigenvalue weighted by molar-refractivity contribution is 0.299. The van der Waals surface area contributed by atoms with E-state index in [1.165, 1.54) is 4.88 Å². The quantitative estimate of drug-likeness (QED) is 0.352. The summed E-state index contributed by atoms with van der Waals surface area (Å²) >= 11 is 1.77. The SMILES string of the molecule is CN=C(NCCN1CCS(=O)(=O)CC1)NCC(C)(C)c1cccs1.I. The molecule has 1 aliphatic rings. The van der Waals surface area contributed by atoms with Crippen LogP contribution in [0.2, 0.25) is 0 Å². The number of guanidine groups is 1. The van der Waals surface area contributed by atoms with Crippen molar-refractivity contribution in [3.8, 4) is 0 Å². The van der Waals surface area contributed by atoms with E-state index in [2.05, 4.69) is 51.9 Å². The molecule has 25 heavy (non-hydrogen) atoms. The molecule has 1 aliphatic heterocycles. The molecule has 0 unspecified atom stereocenters. The number of hydrogen-bond donors (Lipinski definition) is 2. The van der Waals surface area contributed by atoms with Crippen LogP contribution in [0.25, 0.3) is 0 Å². The van der Waals surface area contributed by atoms with Crippen molar-refractivity contribution in [2.75, 3.05) is 51.3 Å². The highest BCUT2D eigenvalue weighted by atomic mass is 127. The Bertz CT molecular complexity index is 631. The molecule has 2 heterocycles. The van der Waals surface area contributed by atoms with Crippen LogP contribution in [0.15, 0.2) is 22.5 Å². The van der Waals surface area contributed by atoms with Crippen molar-refractivity contribution in [2.45, 2.75) is 19.3 Å². The summed E-state index contributed by atoms with van der Waals surface area (Å²) in [5.74, 6) is 1.33. The van der Waals surface area contributed by atoms with E-state index in [9.17, 15) is 8.42 Å². The highest BCUT2D eigenvalue weighted by Crippen LogP contribution is 2.26. The minimum Gasteiger partial charge on any atom is -0.356 e. The van der Waals surface area contributed by atoms with Gasteiger partial charge in [-0.05, 0) is 11.4 Å². The van der Waals surface area contributed by atoms with Crippen LogP contribution in [0.4, 0.5) is 0 Å². The average molecular weight is 500 g/mol. The second kappa shape index (κ2) is 10.1. The van der Waals surface area contributed by atoms with Gasteiger partial charge in [-0.15, -0.1) is 35.3 Å². The number of hydrogen-bond acceptors (Lipinski definition) is 5. The summed E-state index contributed by atoms with van der Waals surface area (Å²) in [4.78, 5) is 7.79. The summed E-state index contributed by atoms with van der Waals surface area (Å²) in [6, 6.07) is 4.24. The Kier molecular flexibility index (Phi) is 9.13. The Morgan fingerprint density at radius 1 is 1.32 bits per heavy atom. The van der Waals surface area contributed by atoms with Crippen LogP contribution in [0, 0.1) is 0 Å². The molecule has 144 valence electrons. The topological polar surface area (TPSA) is 73.8 Å². The molecule has 0 saturated carbocycles. The molecular formula is C16H29IN4O2S2. The van der Waals surface area contributed by atoms with E-state index >= 15 is 0 Å². The first kappa shape index (κ1) is 22.7. The van der Waals surface area contributed by atoms with E-state index in [0.717, 1.165) is 25.6 Å². The second-order valence-corrected chi connectivity index (χ2v) is 9.96. The van der Waals surface area contributed by atoms with Gasteiger partial charge in [0.15, 0.2) is 15.8 Å². The van der Waals surface area contributed by atoms with Crippen LogP contribution in [0.5, 0.6) is 0 Å². The lowest BCUT2D eigenvalue weighted by atomic mass is 9.91. The molecule has 2 N–H and O–H groups in total. The molecule has 0 radical (unpaired) electrons. The zero-order chi connectivity index (χ0) is 17.6. The van der Waals surface area contributed by atoms with Crippen molar-refractivity contribution in [3.63, 3.8) is 0 Å². The second-order valence-electron chi connectivity index (χ2n) is 6.71. The highest BCUT2D eigenvalue weighted by molar-refractivity contribution is 14.0. The van der Waals surface area contributed by atoms with E-state index in [1.54, 1.807) is 18.4 Å². The number of nitrogens with zero attached hydrogens (tertiary/aromatic N) is 2. The number of sulfone groups is 1. The number of thiophene rings is 1. The van der Waals surface area contributed by atoms with Gasteiger partial charge < -0.3 is 10.6 Å². The molecule has 0 bridgehead atoms. The van der Waals surface area contributed by atoms with Gasteiger partial charge in [0.05, 0.1) is 11.5 Å². The average Bonchev–Trinajstić information content (AvgIpc) is 3.07. The first-order chi connectivity index (χ1) is 11.3. The Morgan fingerprint density at radius 2 is 2.00 bits per heavy atom. The molecule has 1 aromatic heterocycles. The van der Waals surface area contributed by atoms with Gasteiger partial charge in [0, 0.05) is 50.1 Å². The lowest BCUT2D eigenvalue weighted by Gasteiger charge is -2.27. The summed E-state index contributed by atoms with van der Waals surface area (Å²) in [5.41, 5.74) is 0.0486. The van der Waals surface area contributed by atoms with E-state index in [4.69, 9.17) is 0 Å². The highest BCUT2D eigenvalue weighted by Gasteiger charge is 2.23.